The Bertz CT molecular complexity index is 1220. The molecule has 0 radical (unpaired) electrons. The summed E-state index contributed by atoms with van der Waals surface area (Å²) in [6, 6.07) is 15.9. The third kappa shape index (κ3) is 5.76. The Hall–Kier alpha value is -3.49. The van der Waals surface area contributed by atoms with Crippen LogP contribution >= 0.6 is 0 Å². The van der Waals surface area contributed by atoms with Crippen molar-refractivity contribution in [2.24, 2.45) is 0 Å². The number of oxazole rings is 1. The number of benzene rings is 2. The average molecular weight is 503 g/mol. The second-order valence-electron chi connectivity index (χ2n) is 10.0. The molecule has 3 N–H and O–H groups in total. The molecule has 2 saturated heterocycles. The van der Waals surface area contributed by atoms with Crippen LogP contribution in [0.25, 0.3) is 0 Å². The summed E-state index contributed by atoms with van der Waals surface area (Å²) in [6.45, 7) is 3.34. The van der Waals surface area contributed by atoms with Crippen molar-refractivity contribution < 1.29 is 19.1 Å². The molecular weight excluding hydrogens is 468 g/mol. The van der Waals surface area contributed by atoms with Crippen LogP contribution in [0.4, 0.5) is 0 Å². The number of carbonyl (C=O) groups excluding carboxylic acids is 2. The second kappa shape index (κ2) is 11.3. The maximum atomic E-state index is 13.4. The quantitative estimate of drug-likeness (QED) is 0.436. The van der Waals surface area contributed by atoms with Crippen LogP contribution in [-0.2, 0) is 6.42 Å². The van der Waals surface area contributed by atoms with E-state index >= 15 is 0 Å². The molecule has 8 heteroatoms. The van der Waals surface area contributed by atoms with Gasteiger partial charge in [-0.3, -0.25) is 9.59 Å². The molecule has 4 unspecified atom stereocenters. The lowest BCUT2D eigenvalue weighted by atomic mass is 9.95. The smallest absolute Gasteiger partial charge is 0.254 e. The molecule has 0 bridgehead atoms. The van der Waals surface area contributed by atoms with Gasteiger partial charge in [0.25, 0.3) is 11.8 Å². The Labute approximate surface area is 217 Å². The normalized spacial score (nSPS) is 21.1. The lowest BCUT2D eigenvalue weighted by molar-refractivity contribution is 0.0715. The second-order valence-corrected chi connectivity index (χ2v) is 10.0. The number of aliphatic hydroxyl groups excluding tert-OH is 1. The Balaban J connectivity index is 1.32. The molecule has 3 heterocycles. The summed E-state index contributed by atoms with van der Waals surface area (Å²) in [5.41, 5.74) is 2.65. The summed E-state index contributed by atoms with van der Waals surface area (Å²) < 4.78 is 5.59. The van der Waals surface area contributed by atoms with Gasteiger partial charge in [0.1, 0.15) is 12.3 Å². The van der Waals surface area contributed by atoms with E-state index in [2.05, 4.69) is 15.6 Å². The molecule has 0 spiro atoms. The minimum absolute atomic E-state index is 0.0622. The number of hydrogen-bond acceptors (Lipinski definition) is 6. The molecule has 8 nitrogen and oxygen atoms in total. The van der Waals surface area contributed by atoms with E-state index in [1.807, 2.05) is 37.3 Å². The van der Waals surface area contributed by atoms with Crippen LogP contribution in [0.15, 0.2) is 65.3 Å². The van der Waals surface area contributed by atoms with Crippen molar-refractivity contribution in [2.45, 2.75) is 63.3 Å². The Kier molecular flexibility index (Phi) is 7.67. The van der Waals surface area contributed by atoms with Gasteiger partial charge >= 0.3 is 0 Å². The number of aliphatic hydroxyl groups is 1. The van der Waals surface area contributed by atoms with Crippen molar-refractivity contribution in [3.8, 4) is 0 Å². The van der Waals surface area contributed by atoms with Crippen LogP contribution in [0.1, 0.15) is 69.6 Å². The predicted octanol–water partition coefficient (Wildman–Crippen LogP) is 3.41. The number of amides is 2. The van der Waals surface area contributed by atoms with Gasteiger partial charge < -0.3 is 25.1 Å². The fourth-order valence-electron chi connectivity index (χ4n) is 5.41. The first-order valence-electron chi connectivity index (χ1n) is 13.1. The highest BCUT2D eigenvalue weighted by Crippen LogP contribution is 2.32. The molecule has 5 rings (SSSR count). The molecule has 2 aromatic carbocycles. The van der Waals surface area contributed by atoms with Crippen LogP contribution in [0.3, 0.4) is 0 Å². The van der Waals surface area contributed by atoms with Gasteiger partial charge in [-0.1, -0.05) is 36.4 Å². The van der Waals surface area contributed by atoms with Crippen molar-refractivity contribution in [2.75, 3.05) is 13.1 Å². The number of nitrogens with zero attached hydrogens (tertiary/aromatic N) is 2. The lowest BCUT2D eigenvalue weighted by Gasteiger charge is -2.29. The van der Waals surface area contributed by atoms with E-state index in [1.54, 1.807) is 35.4 Å². The van der Waals surface area contributed by atoms with E-state index in [-0.39, 0.29) is 23.9 Å². The topological polar surface area (TPSA) is 108 Å². The molecule has 0 saturated carbocycles. The SMILES string of the molecule is Cc1coc(C2CCCN2C(=O)c2cccc(C(=O)NC(Cc3ccccc3)C(O)C3CCCN3)c2)n1. The highest BCUT2D eigenvalue weighted by atomic mass is 16.3. The Morgan fingerprint density at radius 3 is 2.68 bits per heavy atom. The van der Waals surface area contributed by atoms with Gasteiger partial charge in [-0.2, -0.15) is 0 Å². The minimum atomic E-state index is -0.730. The van der Waals surface area contributed by atoms with Crippen LogP contribution in [0.5, 0.6) is 0 Å². The van der Waals surface area contributed by atoms with Crippen molar-refractivity contribution in [3.05, 3.63) is 89.1 Å². The van der Waals surface area contributed by atoms with Crippen molar-refractivity contribution in [3.63, 3.8) is 0 Å². The van der Waals surface area contributed by atoms with Gasteiger partial charge in [-0.05, 0) is 69.3 Å². The zero-order valence-corrected chi connectivity index (χ0v) is 21.1. The lowest BCUT2D eigenvalue weighted by Crippen LogP contribution is -2.52. The van der Waals surface area contributed by atoms with Crippen molar-refractivity contribution >= 4 is 11.8 Å². The van der Waals surface area contributed by atoms with E-state index in [0.717, 1.165) is 43.5 Å². The number of likely N-dealkylation sites (tertiary alicyclic amines) is 1. The Morgan fingerprint density at radius 2 is 1.95 bits per heavy atom. The van der Waals surface area contributed by atoms with E-state index in [9.17, 15) is 14.7 Å². The maximum Gasteiger partial charge on any atom is 0.254 e. The van der Waals surface area contributed by atoms with Crippen molar-refractivity contribution in [1.29, 1.82) is 0 Å². The third-order valence-corrected chi connectivity index (χ3v) is 7.35. The molecule has 2 fully saturated rings. The minimum Gasteiger partial charge on any atom is -0.446 e. The van der Waals surface area contributed by atoms with E-state index < -0.39 is 12.1 Å². The fourth-order valence-corrected chi connectivity index (χ4v) is 5.41. The van der Waals surface area contributed by atoms with Crippen molar-refractivity contribution in [1.82, 2.24) is 20.5 Å². The summed E-state index contributed by atoms with van der Waals surface area (Å²) >= 11 is 0. The molecule has 2 aliphatic rings. The predicted molar refractivity (Wildman–Crippen MR) is 139 cm³/mol. The van der Waals surface area contributed by atoms with Crippen LogP contribution < -0.4 is 10.6 Å². The number of hydrogen-bond donors (Lipinski definition) is 3. The zero-order chi connectivity index (χ0) is 25.8. The van der Waals surface area contributed by atoms with Gasteiger partial charge in [0.05, 0.1) is 17.8 Å². The van der Waals surface area contributed by atoms with Gasteiger partial charge in [0.2, 0.25) is 5.89 Å². The number of aryl methyl sites for hydroxylation is 1. The molecule has 2 amide bonds. The molecular formula is C29H34N4O4. The largest absolute Gasteiger partial charge is 0.446 e. The molecule has 4 atom stereocenters. The highest BCUT2D eigenvalue weighted by Gasteiger charge is 2.34. The molecule has 1 aromatic heterocycles. The monoisotopic (exact) mass is 502 g/mol. The highest BCUT2D eigenvalue weighted by molar-refractivity contribution is 6.00. The van der Waals surface area contributed by atoms with E-state index in [0.29, 0.717) is 30.0 Å². The summed E-state index contributed by atoms with van der Waals surface area (Å²) in [6.07, 6.45) is 4.91. The molecule has 0 aliphatic carbocycles. The Morgan fingerprint density at radius 1 is 1.14 bits per heavy atom. The maximum absolute atomic E-state index is 13.4. The van der Waals surface area contributed by atoms with E-state index in [1.165, 1.54) is 0 Å². The summed E-state index contributed by atoms with van der Waals surface area (Å²) in [5, 5.41) is 17.5. The molecule has 2 aliphatic heterocycles. The number of aromatic nitrogens is 1. The first-order valence-corrected chi connectivity index (χ1v) is 13.1. The molecule has 194 valence electrons. The summed E-state index contributed by atoms with van der Waals surface area (Å²) in [4.78, 5) is 33.0. The van der Waals surface area contributed by atoms with Crippen LogP contribution in [0, 0.1) is 6.92 Å². The van der Waals surface area contributed by atoms with Gasteiger partial charge in [-0.15, -0.1) is 0 Å². The number of nitrogens with one attached hydrogen (secondary N) is 2. The average Bonchev–Trinajstić information content (AvgIpc) is 3.70. The third-order valence-electron chi connectivity index (χ3n) is 7.35. The van der Waals surface area contributed by atoms with Crippen LogP contribution in [0.2, 0.25) is 0 Å². The van der Waals surface area contributed by atoms with Crippen LogP contribution in [-0.4, -0.2) is 58.1 Å². The zero-order valence-electron chi connectivity index (χ0n) is 21.1. The first-order chi connectivity index (χ1) is 18.0. The molecule has 37 heavy (non-hydrogen) atoms. The summed E-state index contributed by atoms with van der Waals surface area (Å²) in [7, 11) is 0. The standard InChI is InChI=1S/C29H34N4O4/c1-19-18-37-28(31-19)25-13-7-15-33(25)29(36)22-11-5-10-21(17-22)27(35)32-24(16-20-8-3-2-4-9-20)26(34)23-12-6-14-30-23/h2-5,8-11,17-18,23-26,30,34H,6-7,12-16H2,1H3,(H,32,35). The first kappa shape index (κ1) is 25.2. The number of rotatable bonds is 8. The van der Waals surface area contributed by atoms with Gasteiger partial charge in [-0.25, -0.2) is 4.98 Å². The number of carbonyl (C=O) groups is 2. The van der Waals surface area contributed by atoms with Gasteiger partial charge in [0.15, 0.2) is 0 Å². The van der Waals surface area contributed by atoms with Gasteiger partial charge in [0, 0.05) is 23.7 Å². The van der Waals surface area contributed by atoms with E-state index in [4.69, 9.17) is 4.42 Å². The fraction of sp³-hybridized carbons (Fsp3) is 0.414. The summed E-state index contributed by atoms with van der Waals surface area (Å²) in [5.74, 6) is 0.0912. The molecule has 3 aromatic rings.